The van der Waals surface area contributed by atoms with Crippen molar-refractivity contribution in [1.82, 2.24) is 20.1 Å². The van der Waals surface area contributed by atoms with E-state index >= 15 is 0 Å². The lowest BCUT2D eigenvalue weighted by Crippen LogP contribution is -2.51. The van der Waals surface area contributed by atoms with E-state index in [1.165, 1.54) is 43.5 Å². The van der Waals surface area contributed by atoms with Crippen molar-refractivity contribution >= 4 is 22.7 Å². The fourth-order valence-corrected chi connectivity index (χ4v) is 5.07. The predicted octanol–water partition coefficient (Wildman–Crippen LogP) is 4.69. The topological polar surface area (TPSA) is 151 Å². The average Bonchev–Trinajstić information content (AvgIpc) is 3.80. The lowest BCUT2D eigenvalue weighted by molar-refractivity contribution is -0.265. The second kappa shape index (κ2) is 13.6. The smallest absolute Gasteiger partial charge is 0.424 e. The molecule has 2 amide bonds. The number of nitrogens with one attached hydrogen (secondary N) is 1. The number of aromatic nitrogens is 3. The molecule has 1 aliphatic carbocycles. The van der Waals surface area contributed by atoms with Crippen molar-refractivity contribution in [2.75, 3.05) is 26.9 Å². The van der Waals surface area contributed by atoms with Gasteiger partial charge in [0.1, 0.15) is 35.1 Å². The highest BCUT2D eigenvalue weighted by Crippen LogP contribution is 2.42. The van der Waals surface area contributed by atoms with Crippen LogP contribution >= 0.6 is 0 Å². The molecule has 0 radical (unpaired) electrons. The van der Waals surface area contributed by atoms with Crippen LogP contribution in [0.25, 0.3) is 22.2 Å². The molecule has 5 rings (SSSR count). The normalized spacial score (nSPS) is 14.5. The first kappa shape index (κ1) is 34.3. The van der Waals surface area contributed by atoms with Crippen LogP contribution in [0.4, 0.5) is 22.0 Å². The molecule has 1 saturated carbocycles. The fourth-order valence-electron chi connectivity index (χ4n) is 5.07. The number of benzene rings is 2. The Kier molecular flexibility index (Phi) is 9.75. The van der Waals surface area contributed by atoms with E-state index in [0.717, 1.165) is 18.9 Å². The molecular formula is C32H32F5N5O6. The van der Waals surface area contributed by atoms with Gasteiger partial charge in [0.15, 0.2) is 0 Å². The Hall–Kier alpha value is -4.99. The Morgan fingerprint density at radius 2 is 1.83 bits per heavy atom. The van der Waals surface area contributed by atoms with E-state index in [1.807, 2.05) is 0 Å². The molecule has 0 spiro atoms. The van der Waals surface area contributed by atoms with Gasteiger partial charge in [-0.1, -0.05) is 0 Å². The van der Waals surface area contributed by atoms with Gasteiger partial charge in [-0.05, 0) is 62.2 Å². The van der Waals surface area contributed by atoms with Crippen molar-refractivity contribution < 1.29 is 50.9 Å². The van der Waals surface area contributed by atoms with Crippen LogP contribution in [0.15, 0.2) is 48.7 Å². The zero-order chi connectivity index (χ0) is 34.8. The number of hydrogen-bond donors (Lipinski definition) is 3. The molecule has 0 saturated heterocycles. The van der Waals surface area contributed by atoms with Crippen LogP contribution in [0.5, 0.6) is 17.2 Å². The minimum atomic E-state index is -5.39. The average molecular weight is 678 g/mol. The van der Waals surface area contributed by atoms with E-state index in [0.29, 0.717) is 10.9 Å². The third-order valence-electron chi connectivity index (χ3n) is 7.60. The zero-order valence-electron chi connectivity index (χ0n) is 25.8. The molecule has 4 aromatic rings. The summed E-state index contributed by atoms with van der Waals surface area (Å²) in [6.07, 6.45) is -5.09. The third-order valence-corrected chi connectivity index (χ3v) is 7.60. The summed E-state index contributed by atoms with van der Waals surface area (Å²) in [7, 11) is 1.37. The number of nitrogens with zero attached hydrogens (tertiary/aromatic N) is 3. The maximum Gasteiger partial charge on any atom is 0.424 e. The summed E-state index contributed by atoms with van der Waals surface area (Å²) in [5, 5.41) is 18.5. The molecule has 0 bridgehead atoms. The van der Waals surface area contributed by atoms with Crippen LogP contribution in [-0.2, 0) is 16.8 Å². The number of pyridine rings is 1. The summed E-state index contributed by atoms with van der Waals surface area (Å²) in [5.41, 5.74) is 0.951. The van der Waals surface area contributed by atoms with Gasteiger partial charge in [-0.25, -0.2) is 13.8 Å². The standard InChI is InChI=1S/C32H32F5N5O6/c1-3-47-29-18(13-26(38)43)12-24(40-28(29)17-4-8-22(9-5-17)48-15-25(33)34)31(45,32(35,36)37)16-39-30(44)19-10-20-14-42(21-6-7-21)41-27(20)23(11-19)46-2/h4-5,8-12,14,21,25,45H,3,6-7,13,15-16H2,1-2H3,(H2,38,43)(H,39,44)/t31-/m0/s1. The first-order valence-electron chi connectivity index (χ1n) is 14.8. The minimum absolute atomic E-state index is 0.0162. The van der Waals surface area contributed by atoms with Crippen molar-refractivity contribution in [2.45, 2.75) is 50.4 Å². The Morgan fingerprint density at radius 3 is 2.42 bits per heavy atom. The second-order valence-electron chi connectivity index (χ2n) is 11.1. The van der Waals surface area contributed by atoms with E-state index in [1.54, 1.807) is 17.8 Å². The van der Waals surface area contributed by atoms with Crippen LogP contribution in [0, 0.1) is 0 Å². The number of hydrogen-bond acceptors (Lipinski definition) is 8. The molecule has 256 valence electrons. The number of rotatable bonds is 14. The van der Waals surface area contributed by atoms with Crippen molar-refractivity contribution in [3.05, 3.63) is 65.5 Å². The fraction of sp³-hybridized carbons (Fsp3) is 0.375. The zero-order valence-corrected chi connectivity index (χ0v) is 25.8. The van der Waals surface area contributed by atoms with E-state index in [-0.39, 0.29) is 52.3 Å². The number of alkyl halides is 5. The first-order chi connectivity index (χ1) is 22.7. The van der Waals surface area contributed by atoms with Gasteiger partial charge in [0.25, 0.3) is 12.3 Å². The quantitative estimate of drug-likeness (QED) is 0.163. The van der Waals surface area contributed by atoms with Gasteiger partial charge in [0, 0.05) is 28.3 Å². The monoisotopic (exact) mass is 677 g/mol. The van der Waals surface area contributed by atoms with Gasteiger partial charge in [-0.2, -0.15) is 18.3 Å². The molecule has 4 N–H and O–H groups in total. The summed E-state index contributed by atoms with van der Waals surface area (Å²) in [5.74, 6) is -1.65. The van der Waals surface area contributed by atoms with Crippen LogP contribution in [-0.4, -0.2) is 71.2 Å². The molecule has 0 unspecified atom stereocenters. The van der Waals surface area contributed by atoms with Gasteiger partial charge in [0.2, 0.25) is 11.5 Å². The number of aliphatic hydroxyl groups is 1. The van der Waals surface area contributed by atoms with Crippen LogP contribution in [0.2, 0.25) is 0 Å². The number of halogens is 5. The number of ether oxygens (including phenoxy) is 3. The number of carbonyl (C=O) groups excluding carboxylic acids is 2. The van der Waals surface area contributed by atoms with Crippen LogP contribution in [0.3, 0.4) is 0 Å². The van der Waals surface area contributed by atoms with Gasteiger partial charge in [-0.15, -0.1) is 0 Å². The molecular weight excluding hydrogens is 645 g/mol. The number of primary amides is 1. The summed E-state index contributed by atoms with van der Waals surface area (Å²) in [6.45, 7) is -0.636. The third kappa shape index (κ3) is 7.27. The number of amides is 2. The molecule has 0 aliphatic heterocycles. The Labute approximate surface area is 270 Å². The highest BCUT2D eigenvalue weighted by molar-refractivity contribution is 6.00. The van der Waals surface area contributed by atoms with Gasteiger partial charge < -0.3 is 30.4 Å². The summed E-state index contributed by atoms with van der Waals surface area (Å²) >= 11 is 0. The Morgan fingerprint density at radius 1 is 1.12 bits per heavy atom. The van der Waals surface area contributed by atoms with Crippen LogP contribution in [0.1, 0.15) is 47.4 Å². The molecule has 48 heavy (non-hydrogen) atoms. The van der Waals surface area contributed by atoms with E-state index < -0.39 is 55.3 Å². The Balaban J connectivity index is 1.52. The lowest BCUT2D eigenvalue weighted by Gasteiger charge is -2.31. The lowest BCUT2D eigenvalue weighted by atomic mass is 9.93. The molecule has 1 fully saturated rings. The maximum atomic E-state index is 14.8. The first-order valence-corrected chi connectivity index (χ1v) is 14.8. The predicted molar refractivity (Wildman–Crippen MR) is 162 cm³/mol. The van der Waals surface area contributed by atoms with Gasteiger partial charge in [-0.3, -0.25) is 14.3 Å². The highest BCUT2D eigenvalue weighted by Gasteiger charge is 2.56. The minimum Gasteiger partial charge on any atom is -0.494 e. The van der Waals surface area contributed by atoms with Crippen molar-refractivity contribution in [2.24, 2.45) is 5.73 Å². The molecule has 2 aromatic carbocycles. The van der Waals surface area contributed by atoms with E-state index in [9.17, 15) is 36.6 Å². The molecule has 2 heterocycles. The molecule has 1 atom stereocenters. The molecule has 16 heteroatoms. The summed E-state index contributed by atoms with van der Waals surface area (Å²) < 4.78 is 87.2. The van der Waals surface area contributed by atoms with Crippen molar-refractivity contribution in [3.8, 4) is 28.5 Å². The van der Waals surface area contributed by atoms with Crippen molar-refractivity contribution in [1.29, 1.82) is 0 Å². The Bertz CT molecular complexity index is 1810. The number of carbonyl (C=O) groups is 2. The molecule has 11 nitrogen and oxygen atoms in total. The molecule has 1 aliphatic rings. The van der Waals surface area contributed by atoms with E-state index in [4.69, 9.17) is 19.9 Å². The number of nitrogens with two attached hydrogens (primary N) is 1. The van der Waals surface area contributed by atoms with Crippen LogP contribution < -0.4 is 25.3 Å². The molecule has 2 aromatic heterocycles. The van der Waals surface area contributed by atoms with Gasteiger partial charge >= 0.3 is 6.18 Å². The largest absolute Gasteiger partial charge is 0.494 e. The number of methoxy groups -OCH3 is 1. The van der Waals surface area contributed by atoms with E-state index in [2.05, 4.69) is 15.4 Å². The maximum absolute atomic E-state index is 14.8. The SMILES string of the molecule is CCOc1c(CC(N)=O)cc([C@@](O)(CNC(=O)c2cc(OC)c3nn(C4CC4)cc3c2)C(F)(F)F)nc1-c1ccc(OCC(F)F)cc1. The summed E-state index contributed by atoms with van der Waals surface area (Å²) in [6, 6.07) is 9.14. The number of fused-ring (bicyclic) bond motifs is 1. The van der Waals surface area contributed by atoms with Gasteiger partial charge in [0.05, 0.1) is 38.4 Å². The summed E-state index contributed by atoms with van der Waals surface area (Å²) in [4.78, 5) is 29.3. The second-order valence-corrected chi connectivity index (χ2v) is 11.1. The van der Waals surface area contributed by atoms with Crippen molar-refractivity contribution in [3.63, 3.8) is 0 Å². The highest BCUT2D eigenvalue weighted by atomic mass is 19.4.